The van der Waals surface area contributed by atoms with Crippen LogP contribution in [0.1, 0.15) is 42.9 Å². The van der Waals surface area contributed by atoms with Crippen molar-refractivity contribution in [2.45, 2.75) is 57.2 Å². The van der Waals surface area contributed by atoms with Crippen LogP contribution in [-0.2, 0) is 27.2 Å². The number of ether oxygens (including phenoxy) is 1. The first-order valence-electron chi connectivity index (χ1n) is 13.6. The van der Waals surface area contributed by atoms with Crippen molar-refractivity contribution in [3.05, 3.63) is 65.2 Å². The number of nitrogens with zero attached hydrogens (tertiary/aromatic N) is 2. The summed E-state index contributed by atoms with van der Waals surface area (Å²) in [5.41, 5.74) is 2.39. The van der Waals surface area contributed by atoms with Crippen LogP contribution in [0.25, 0.3) is 0 Å². The van der Waals surface area contributed by atoms with Gasteiger partial charge in [0, 0.05) is 26.6 Å². The van der Waals surface area contributed by atoms with Crippen LogP contribution in [0.15, 0.2) is 48.5 Å². The lowest BCUT2D eigenvalue weighted by Gasteiger charge is -2.30. The van der Waals surface area contributed by atoms with Gasteiger partial charge in [-0.05, 0) is 67.9 Å². The van der Waals surface area contributed by atoms with Gasteiger partial charge in [-0.25, -0.2) is 0 Å². The van der Waals surface area contributed by atoms with E-state index in [4.69, 9.17) is 10.00 Å². The van der Waals surface area contributed by atoms with Gasteiger partial charge >= 0.3 is 0 Å². The van der Waals surface area contributed by atoms with Crippen molar-refractivity contribution in [3.63, 3.8) is 0 Å². The summed E-state index contributed by atoms with van der Waals surface area (Å²) < 4.78 is 6.04. The quantitative estimate of drug-likeness (QED) is 0.556. The highest BCUT2D eigenvalue weighted by Gasteiger charge is 2.39. The van der Waals surface area contributed by atoms with Crippen LogP contribution in [0.3, 0.4) is 0 Å². The van der Waals surface area contributed by atoms with Gasteiger partial charge in [0.05, 0.1) is 17.7 Å². The Kier molecular flexibility index (Phi) is 9.55. The second-order valence-electron chi connectivity index (χ2n) is 10.3. The number of rotatable bonds is 3. The third kappa shape index (κ3) is 7.58. The minimum absolute atomic E-state index is 0.144. The Morgan fingerprint density at radius 1 is 1.03 bits per heavy atom. The molecule has 1 fully saturated rings. The molecular formula is C30H37N5O4. The summed E-state index contributed by atoms with van der Waals surface area (Å²) in [6.45, 7) is 3.04. The highest BCUT2D eigenvalue weighted by atomic mass is 16.5. The SMILES string of the molecule is CC1C(=O)NC(Cc2ccc(C#N)cc2)C(=O)NCCCc2ccccc2OCCNC(C2CC2)C(=O)N1C. The van der Waals surface area contributed by atoms with Crippen LogP contribution in [0.4, 0.5) is 0 Å². The van der Waals surface area contributed by atoms with Crippen molar-refractivity contribution in [2.24, 2.45) is 5.92 Å². The predicted octanol–water partition coefficient (Wildman–Crippen LogP) is 1.94. The predicted molar refractivity (Wildman–Crippen MR) is 147 cm³/mol. The third-order valence-corrected chi connectivity index (χ3v) is 7.44. The van der Waals surface area contributed by atoms with Crippen molar-refractivity contribution in [1.29, 1.82) is 5.26 Å². The zero-order chi connectivity index (χ0) is 27.8. The number of nitriles is 1. The van der Waals surface area contributed by atoms with Gasteiger partial charge < -0.3 is 25.6 Å². The van der Waals surface area contributed by atoms with E-state index >= 15 is 0 Å². The van der Waals surface area contributed by atoms with Gasteiger partial charge in [-0.2, -0.15) is 5.26 Å². The molecule has 2 aromatic rings. The van der Waals surface area contributed by atoms with Crippen molar-refractivity contribution >= 4 is 17.7 Å². The first-order valence-corrected chi connectivity index (χ1v) is 13.6. The number of hydrogen-bond acceptors (Lipinski definition) is 6. The average Bonchev–Trinajstić information content (AvgIpc) is 3.79. The molecule has 4 rings (SSSR count). The highest BCUT2D eigenvalue weighted by molar-refractivity contribution is 5.93. The molecule has 206 valence electrons. The lowest BCUT2D eigenvalue weighted by atomic mass is 10.0. The molecule has 2 aromatic carbocycles. The van der Waals surface area contributed by atoms with Gasteiger partial charge in [0.1, 0.15) is 24.4 Å². The van der Waals surface area contributed by atoms with E-state index in [1.807, 2.05) is 24.3 Å². The topological polar surface area (TPSA) is 124 Å². The standard InChI is InChI=1S/C30H37N5O4/c1-20-28(36)34-25(18-21-9-11-22(19-31)12-10-21)29(37)33-15-5-7-23-6-3-4-8-26(23)39-17-16-32-27(24-13-14-24)30(38)35(20)2/h3-4,6,8-12,20,24-25,27,32H,5,7,13-18H2,1-2H3,(H,33,37)(H,34,36). The normalized spacial score (nSPS) is 23.8. The highest BCUT2D eigenvalue weighted by Crippen LogP contribution is 2.33. The summed E-state index contributed by atoms with van der Waals surface area (Å²) >= 11 is 0. The molecule has 0 radical (unpaired) electrons. The Bertz CT molecular complexity index is 1200. The van der Waals surface area contributed by atoms with Gasteiger partial charge in [-0.1, -0.05) is 30.3 Å². The Morgan fingerprint density at radius 3 is 2.49 bits per heavy atom. The van der Waals surface area contributed by atoms with Crippen LogP contribution in [0, 0.1) is 17.2 Å². The number of amides is 3. The fraction of sp³-hybridized carbons (Fsp3) is 0.467. The Morgan fingerprint density at radius 2 is 1.77 bits per heavy atom. The number of aryl methyl sites for hydroxylation is 1. The molecule has 39 heavy (non-hydrogen) atoms. The van der Waals surface area contributed by atoms with Crippen molar-refractivity contribution in [1.82, 2.24) is 20.9 Å². The molecule has 3 atom stereocenters. The second kappa shape index (κ2) is 13.3. The maximum absolute atomic E-state index is 13.4. The number of hydrogen-bond donors (Lipinski definition) is 3. The van der Waals surface area contributed by atoms with Crippen molar-refractivity contribution in [2.75, 3.05) is 26.7 Å². The first kappa shape index (κ1) is 28.1. The number of carbonyl (C=O) groups excluding carboxylic acids is 3. The van der Waals surface area contributed by atoms with Gasteiger partial charge in [0.15, 0.2) is 0 Å². The fourth-order valence-electron chi connectivity index (χ4n) is 4.76. The summed E-state index contributed by atoms with van der Waals surface area (Å²) in [5.74, 6) is 0.208. The Hall–Kier alpha value is -3.90. The molecule has 1 heterocycles. The number of likely N-dealkylation sites (N-methyl/N-ethyl adjacent to an activating group) is 1. The maximum Gasteiger partial charge on any atom is 0.243 e. The van der Waals surface area contributed by atoms with Crippen LogP contribution in [0.2, 0.25) is 0 Å². The molecule has 1 aliphatic carbocycles. The molecule has 0 spiro atoms. The monoisotopic (exact) mass is 531 g/mol. The molecule has 3 unspecified atom stereocenters. The van der Waals surface area contributed by atoms with E-state index in [-0.39, 0.29) is 30.2 Å². The molecule has 3 N–H and O–H groups in total. The smallest absolute Gasteiger partial charge is 0.243 e. The molecule has 9 nitrogen and oxygen atoms in total. The number of benzene rings is 2. The number of fused-ring (bicyclic) bond motifs is 1. The van der Waals surface area contributed by atoms with Gasteiger partial charge in [0.25, 0.3) is 0 Å². The van der Waals surface area contributed by atoms with E-state index in [0.717, 1.165) is 36.1 Å². The lowest BCUT2D eigenvalue weighted by molar-refractivity contribution is -0.141. The minimum Gasteiger partial charge on any atom is -0.492 e. The van der Waals surface area contributed by atoms with E-state index in [2.05, 4.69) is 22.0 Å². The molecule has 3 amide bonds. The lowest BCUT2D eigenvalue weighted by Crippen LogP contribution is -2.56. The maximum atomic E-state index is 13.4. The number of nitrogens with one attached hydrogen (secondary N) is 3. The summed E-state index contributed by atoms with van der Waals surface area (Å²) in [6.07, 6.45) is 3.63. The molecule has 0 bridgehead atoms. The van der Waals surface area contributed by atoms with Crippen LogP contribution in [-0.4, -0.2) is 67.5 Å². The fourth-order valence-corrected chi connectivity index (χ4v) is 4.76. The zero-order valence-corrected chi connectivity index (χ0v) is 22.6. The molecule has 2 aliphatic rings. The van der Waals surface area contributed by atoms with Crippen LogP contribution in [0.5, 0.6) is 5.75 Å². The van der Waals surface area contributed by atoms with Gasteiger partial charge in [-0.3, -0.25) is 14.4 Å². The largest absolute Gasteiger partial charge is 0.492 e. The first-order chi connectivity index (χ1) is 18.9. The molecular weight excluding hydrogens is 494 g/mol. The van der Waals surface area contributed by atoms with Gasteiger partial charge in [-0.15, -0.1) is 0 Å². The molecule has 1 aliphatic heterocycles. The molecule has 0 saturated heterocycles. The molecule has 0 aromatic heterocycles. The Labute approximate surface area is 229 Å². The van der Waals surface area contributed by atoms with E-state index in [9.17, 15) is 14.4 Å². The number of para-hydroxylation sites is 1. The van der Waals surface area contributed by atoms with Gasteiger partial charge in [0.2, 0.25) is 17.7 Å². The van der Waals surface area contributed by atoms with E-state index in [1.54, 1.807) is 38.2 Å². The van der Waals surface area contributed by atoms with Crippen molar-refractivity contribution < 1.29 is 19.1 Å². The van der Waals surface area contributed by atoms with E-state index in [0.29, 0.717) is 31.7 Å². The van der Waals surface area contributed by atoms with Crippen LogP contribution < -0.4 is 20.7 Å². The zero-order valence-electron chi connectivity index (χ0n) is 22.6. The summed E-state index contributed by atoms with van der Waals surface area (Å²) in [7, 11) is 1.63. The Balaban J connectivity index is 1.54. The third-order valence-electron chi connectivity index (χ3n) is 7.44. The molecule has 9 heteroatoms. The van der Waals surface area contributed by atoms with E-state index < -0.39 is 18.0 Å². The summed E-state index contributed by atoms with van der Waals surface area (Å²) in [6, 6.07) is 14.9. The average molecular weight is 532 g/mol. The number of carbonyl (C=O) groups is 3. The molecule has 1 saturated carbocycles. The second-order valence-corrected chi connectivity index (χ2v) is 10.3. The van der Waals surface area contributed by atoms with Crippen molar-refractivity contribution in [3.8, 4) is 11.8 Å². The van der Waals surface area contributed by atoms with E-state index in [1.165, 1.54) is 4.90 Å². The van der Waals surface area contributed by atoms with Crippen LogP contribution >= 0.6 is 0 Å². The summed E-state index contributed by atoms with van der Waals surface area (Å²) in [4.78, 5) is 41.4. The summed E-state index contributed by atoms with van der Waals surface area (Å²) in [5, 5.41) is 18.3. The minimum atomic E-state index is -0.830.